The Balaban J connectivity index is 1.65. The van der Waals surface area contributed by atoms with Gasteiger partial charge in [-0.05, 0) is 42.7 Å². The van der Waals surface area contributed by atoms with E-state index in [0.717, 1.165) is 5.56 Å². The van der Waals surface area contributed by atoms with E-state index in [2.05, 4.69) is 0 Å². The van der Waals surface area contributed by atoms with Crippen LogP contribution in [0.25, 0.3) is 0 Å². The van der Waals surface area contributed by atoms with Crippen LogP contribution in [-0.2, 0) is 11.4 Å². The molecule has 0 spiro atoms. The molecule has 0 atom stereocenters. The maximum atomic E-state index is 12.7. The first-order chi connectivity index (χ1) is 13.5. The Kier molecular flexibility index (Phi) is 5.93. The van der Waals surface area contributed by atoms with E-state index < -0.39 is 11.9 Å². The molecule has 3 rings (SSSR count). The van der Waals surface area contributed by atoms with E-state index in [1.165, 1.54) is 0 Å². The van der Waals surface area contributed by atoms with Crippen molar-refractivity contribution in [3.05, 3.63) is 65.2 Å². The number of carbonyl (C=O) groups is 3. The molecule has 0 saturated carbocycles. The summed E-state index contributed by atoms with van der Waals surface area (Å²) in [5.41, 5.74) is 6.96. The molecule has 0 aliphatic carbocycles. The Hall–Kier alpha value is -3.35. The largest absolute Gasteiger partial charge is 0.488 e. The Morgan fingerprint density at radius 2 is 1.79 bits per heavy atom. The number of piperidine rings is 1. The molecule has 0 aromatic heterocycles. The fourth-order valence-corrected chi connectivity index (χ4v) is 3.26. The first-order valence-electron chi connectivity index (χ1n) is 9.08. The zero-order valence-electron chi connectivity index (χ0n) is 15.3. The van der Waals surface area contributed by atoms with Gasteiger partial charge in [-0.15, -0.1) is 0 Å². The van der Waals surface area contributed by atoms with Crippen molar-refractivity contribution >= 4 is 17.8 Å². The third-order valence-electron chi connectivity index (χ3n) is 4.85. The predicted molar refractivity (Wildman–Crippen MR) is 102 cm³/mol. The SMILES string of the molecule is NC(=O)c1ccccc1OCc1cccc(C(=O)N2CCC(C(=O)O)CC2)c1. The second-order valence-electron chi connectivity index (χ2n) is 6.75. The fourth-order valence-electron chi connectivity index (χ4n) is 3.26. The first-order valence-corrected chi connectivity index (χ1v) is 9.08. The molecular formula is C21H22N2O5. The zero-order valence-corrected chi connectivity index (χ0v) is 15.3. The average molecular weight is 382 g/mol. The number of hydrogen-bond acceptors (Lipinski definition) is 4. The van der Waals surface area contributed by atoms with Crippen LogP contribution in [-0.4, -0.2) is 40.9 Å². The first kappa shape index (κ1) is 19.4. The zero-order chi connectivity index (χ0) is 20.1. The lowest BCUT2D eigenvalue weighted by Crippen LogP contribution is -2.40. The molecule has 1 heterocycles. The van der Waals surface area contributed by atoms with Crippen LogP contribution in [0.4, 0.5) is 0 Å². The summed E-state index contributed by atoms with van der Waals surface area (Å²) in [5.74, 6) is -1.48. The number of aliphatic carboxylic acids is 1. The van der Waals surface area contributed by atoms with Crippen LogP contribution in [0.2, 0.25) is 0 Å². The number of para-hydroxylation sites is 1. The minimum absolute atomic E-state index is 0.122. The summed E-state index contributed by atoms with van der Waals surface area (Å²) in [6.07, 6.45) is 0.932. The smallest absolute Gasteiger partial charge is 0.306 e. The fraction of sp³-hybridized carbons (Fsp3) is 0.286. The molecule has 2 amide bonds. The van der Waals surface area contributed by atoms with Gasteiger partial charge in [0.2, 0.25) is 0 Å². The summed E-state index contributed by atoms with van der Waals surface area (Å²) in [5, 5.41) is 9.08. The lowest BCUT2D eigenvalue weighted by molar-refractivity contribution is -0.143. The molecule has 7 heteroatoms. The molecule has 1 fully saturated rings. The lowest BCUT2D eigenvalue weighted by Gasteiger charge is -2.30. The number of nitrogens with zero attached hydrogens (tertiary/aromatic N) is 1. The Morgan fingerprint density at radius 3 is 2.46 bits per heavy atom. The van der Waals surface area contributed by atoms with Crippen molar-refractivity contribution in [3.8, 4) is 5.75 Å². The van der Waals surface area contributed by atoms with Gasteiger partial charge in [0.25, 0.3) is 11.8 Å². The molecule has 1 aliphatic heterocycles. The van der Waals surface area contributed by atoms with Crippen LogP contribution in [0.1, 0.15) is 39.1 Å². The monoisotopic (exact) mass is 382 g/mol. The van der Waals surface area contributed by atoms with Gasteiger partial charge in [-0.2, -0.15) is 0 Å². The molecule has 0 radical (unpaired) electrons. The quantitative estimate of drug-likeness (QED) is 0.797. The molecular weight excluding hydrogens is 360 g/mol. The van der Waals surface area contributed by atoms with Crippen LogP contribution in [0.3, 0.4) is 0 Å². The number of benzene rings is 2. The highest BCUT2D eigenvalue weighted by atomic mass is 16.5. The number of carbonyl (C=O) groups excluding carboxylic acids is 2. The summed E-state index contributed by atoms with van der Waals surface area (Å²) in [6, 6.07) is 13.8. The lowest BCUT2D eigenvalue weighted by atomic mass is 9.96. The number of amides is 2. The van der Waals surface area contributed by atoms with Crippen LogP contribution >= 0.6 is 0 Å². The number of ether oxygens (including phenoxy) is 1. The van der Waals surface area contributed by atoms with Crippen molar-refractivity contribution in [2.45, 2.75) is 19.4 Å². The molecule has 7 nitrogen and oxygen atoms in total. The third kappa shape index (κ3) is 4.49. The van der Waals surface area contributed by atoms with E-state index in [9.17, 15) is 14.4 Å². The van der Waals surface area contributed by atoms with Crippen molar-refractivity contribution in [2.24, 2.45) is 11.7 Å². The van der Waals surface area contributed by atoms with E-state index >= 15 is 0 Å². The number of hydrogen-bond donors (Lipinski definition) is 2. The van der Waals surface area contributed by atoms with Gasteiger partial charge in [-0.25, -0.2) is 0 Å². The number of carboxylic acids is 1. The van der Waals surface area contributed by atoms with Crippen molar-refractivity contribution in [2.75, 3.05) is 13.1 Å². The van der Waals surface area contributed by atoms with Crippen LogP contribution in [0.5, 0.6) is 5.75 Å². The summed E-state index contributed by atoms with van der Waals surface area (Å²) < 4.78 is 5.71. The topological polar surface area (TPSA) is 110 Å². The van der Waals surface area contributed by atoms with Crippen molar-refractivity contribution < 1.29 is 24.2 Å². The van der Waals surface area contributed by atoms with Crippen LogP contribution < -0.4 is 10.5 Å². The highest BCUT2D eigenvalue weighted by Gasteiger charge is 2.27. The number of nitrogens with two attached hydrogens (primary N) is 1. The van der Waals surface area contributed by atoms with Crippen LogP contribution in [0.15, 0.2) is 48.5 Å². The molecule has 0 bridgehead atoms. The molecule has 28 heavy (non-hydrogen) atoms. The molecule has 2 aromatic carbocycles. The minimum Gasteiger partial charge on any atom is -0.488 e. The maximum absolute atomic E-state index is 12.7. The van der Waals surface area contributed by atoms with Gasteiger partial charge in [-0.1, -0.05) is 24.3 Å². The summed E-state index contributed by atoms with van der Waals surface area (Å²) in [4.78, 5) is 36.9. The average Bonchev–Trinajstić information content (AvgIpc) is 2.72. The Labute approximate surface area is 162 Å². The third-order valence-corrected chi connectivity index (χ3v) is 4.85. The second-order valence-corrected chi connectivity index (χ2v) is 6.75. The van der Waals surface area contributed by atoms with E-state index in [-0.39, 0.29) is 18.4 Å². The summed E-state index contributed by atoms with van der Waals surface area (Å²) in [7, 11) is 0. The number of likely N-dealkylation sites (tertiary alicyclic amines) is 1. The molecule has 2 aromatic rings. The van der Waals surface area contributed by atoms with Crippen LogP contribution in [0, 0.1) is 5.92 Å². The van der Waals surface area contributed by atoms with Crippen molar-refractivity contribution in [3.63, 3.8) is 0 Å². The van der Waals surface area contributed by atoms with Gasteiger partial charge in [0.05, 0.1) is 11.5 Å². The maximum Gasteiger partial charge on any atom is 0.306 e. The molecule has 1 saturated heterocycles. The molecule has 1 aliphatic rings. The van der Waals surface area contributed by atoms with Crippen molar-refractivity contribution in [1.82, 2.24) is 4.90 Å². The molecule has 3 N–H and O–H groups in total. The highest BCUT2D eigenvalue weighted by molar-refractivity contribution is 5.95. The molecule has 0 unspecified atom stereocenters. The van der Waals surface area contributed by atoms with E-state index in [0.29, 0.717) is 42.8 Å². The summed E-state index contributed by atoms with van der Waals surface area (Å²) in [6.45, 7) is 1.05. The Morgan fingerprint density at radius 1 is 1.07 bits per heavy atom. The van der Waals surface area contributed by atoms with E-state index in [1.54, 1.807) is 47.4 Å². The van der Waals surface area contributed by atoms with Gasteiger partial charge >= 0.3 is 5.97 Å². The van der Waals surface area contributed by atoms with Gasteiger partial charge in [0.15, 0.2) is 0 Å². The normalized spacial score (nSPS) is 14.5. The summed E-state index contributed by atoms with van der Waals surface area (Å²) >= 11 is 0. The number of primary amides is 1. The van der Waals surface area contributed by atoms with Gasteiger partial charge in [0, 0.05) is 18.7 Å². The number of carboxylic acid groups (broad SMARTS) is 1. The van der Waals surface area contributed by atoms with E-state index in [1.807, 2.05) is 6.07 Å². The second kappa shape index (κ2) is 8.56. The van der Waals surface area contributed by atoms with E-state index in [4.69, 9.17) is 15.6 Å². The van der Waals surface area contributed by atoms with Gasteiger partial charge in [0.1, 0.15) is 12.4 Å². The van der Waals surface area contributed by atoms with Gasteiger partial charge in [-0.3, -0.25) is 14.4 Å². The van der Waals surface area contributed by atoms with Gasteiger partial charge < -0.3 is 20.5 Å². The van der Waals surface area contributed by atoms with Crippen molar-refractivity contribution in [1.29, 1.82) is 0 Å². The highest BCUT2D eigenvalue weighted by Crippen LogP contribution is 2.21. The predicted octanol–water partition coefficient (Wildman–Crippen LogP) is 2.30. The molecule has 146 valence electrons. The minimum atomic E-state index is -0.803. The standard InChI is InChI=1S/C21H22N2O5/c22-19(24)17-6-1-2-7-18(17)28-13-14-4-3-5-16(12-14)20(25)23-10-8-15(9-11-23)21(26)27/h1-7,12,15H,8-11,13H2,(H2,22,24)(H,26,27). The number of rotatable bonds is 6. The Bertz CT molecular complexity index is 888.